The molecular weight excluding hydrogens is 396 g/mol. The molecule has 2 atom stereocenters. The summed E-state index contributed by atoms with van der Waals surface area (Å²) >= 11 is 0. The number of anilines is 2. The van der Waals surface area contributed by atoms with Gasteiger partial charge in [-0.3, -0.25) is 0 Å². The van der Waals surface area contributed by atoms with Crippen LogP contribution in [0.15, 0.2) is 24.3 Å². The van der Waals surface area contributed by atoms with Crippen LogP contribution >= 0.6 is 0 Å². The Morgan fingerprint density at radius 2 is 1.03 bits per heavy atom. The van der Waals surface area contributed by atoms with E-state index in [-0.39, 0.29) is 12.1 Å². The molecule has 0 saturated carbocycles. The van der Waals surface area contributed by atoms with Gasteiger partial charge in [-0.1, -0.05) is 35.4 Å². The Labute approximate surface area is 180 Å². The minimum atomic E-state index is -3.48. The molecule has 2 aromatic carbocycles. The van der Waals surface area contributed by atoms with E-state index in [1.54, 1.807) is 0 Å². The molecule has 2 saturated heterocycles. The van der Waals surface area contributed by atoms with Gasteiger partial charge in [0, 0.05) is 24.5 Å². The number of nitrogens with one attached hydrogen (secondary N) is 2. The zero-order chi connectivity index (χ0) is 21.8. The summed E-state index contributed by atoms with van der Waals surface area (Å²) in [4.78, 5) is 4.78. The van der Waals surface area contributed by atoms with Gasteiger partial charge in [0.2, 0.25) is 0 Å². The summed E-state index contributed by atoms with van der Waals surface area (Å²) in [6.45, 7) is 14.3. The predicted molar refractivity (Wildman–Crippen MR) is 124 cm³/mol. The molecule has 6 nitrogen and oxygen atoms in total. The van der Waals surface area contributed by atoms with Crippen LogP contribution in [0.4, 0.5) is 11.4 Å². The Bertz CT molecular complexity index is 971. The lowest BCUT2D eigenvalue weighted by Crippen LogP contribution is -2.45. The fourth-order valence-electron chi connectivity index (χ4n) is 5.45. The van der Waals surface area contributed by atoms with Gasteiger partial charge in [0.15, 0.2) is 0 Å². The standard InChI is InChI=1S/C23H32N4O2S/c1-14-7-16(3)22(17(4)8-14)26-13-27(23-18(5)9-15(2)10-19(23)6)21-12-25-30(28,29)24-11-20(21)26/h7-10,20-21,24-25H,11-13H2,1-6H3/t20-,21-/m1/s1. The Balaban J connectivity index is 1.84. The van der Waals surface area contributed by atoms with Crippen LogP contribution in [0.1, 0.15) is 33.4 Å². The Kier molecular flexibility index (Phi) is 5.33. The summed E-state index contributed by atoms with van der Waals surface area (Å²) in [5, 5.41) is 0. The maximum absolute atomic E-state index is 12.3. The van der Waals surface area contributed by atoms with Crippen molar-refractivity contribution in [1.29, 1.82) is 0 Å². The zero-order valence-electron chi connectivity index (χ0n) is 18.7. The van der Waals surface area contributed by atoms with E-state index in [2.05, 4.69) is 85.1 Å². The third kappa shape index (κ3) is 3.70. The number of aryl methyl sites for hydroxylation is 6. The summed E-state index contributed by atoms with van der Waals surface area (Å²) in [6.07, 6.45) is 0. The van der Waals surface area contributed by atoms with E-state index in [1.807, 2.05) is 0 Å². The second-order valence-electron chi connectivity index (χ2n) is 8.91. The molecule has 0 unspecified atom stereocenters. The number of fused-ring (bicyclic) bond motifs is 1. The number of benzene rings is 2. The predicted octanol–water partition coefficient (Wildman–Crippen LogP) is 3.00. The van der Waals surface area contributed by atoms with Crippen molar-refractivity contribution in [1.82, 2.24) is 9.44 Å². The molecule has 0 bridgehead atoms. The second-order valence-corrected chi connectivity index (χ2v) is 10.5. The maximum atomic E-state index is 12.3. The molecule has 2 fully saturated rings. The lowest BCUT2D eigenvalue weighted by atomic mass is 10.0. The first kappa shape index (κ1) is 21.2. The molecule has 2 heterocycles. The van der Waals surface area contributed by atoms with Gasteiger partial charge in [0.05, 0.1) is 18.8 Å². The molecule has 162 valence electrons. The molecule has 0 radical (unpaired) electrons. The van der Waals surface area contributed by atoms with Crippen LogP contribution in [-0.2, 0) is 10.2 Å². The minimum absolute atomic E-state index is 0.0370. The summed E-state index contributed by atoms with van der Waals surface area (Å²) in [6, 6.07) is 8.91. The lowest BCUT2D eigenvalue weighted by molar-refractivity contribution is 0.568. The number of rotatable bonds is 2. The van der Waals surface area contributed by atoms with E-state index < -0.39 is 10.2 Å². The maximum Gasteiger partial charge on any atom is 0.277 e. The van der Waals surface area contributed by atoms with Gasteiger partial charge < -0.3 is 9.80 Å². The van der Waals surface area contributed by atoms with Gasteiger partial charge in [-0.25, -0.2) is 9.44 Å². The van der Waals surface area contributed by atoms with E-state index in [0.717, 1.165) is 6.67 Å². The Morgan fingerprint density at radius 3 is 1.37 bits per heavy atom. The Morgan fingerprint density at radius 1 is 0.700 bits per heavy atom. The smallest absolute Gasteiger partial charge is 0.277 e. The SMILES string of the molecule is Cc1cc(C)c(N2CN(c3c(C)cc(C)cc3C)[C@@H]3CNS(=O)(=O)NC[C@H]32)c(C)c1. The fraction of sp³-hybridized carbons (Fsp3) is 0.478. The average Bonchev–Trinajstić information content (AvgIpc) is 2.85. The fourth-order valence-corrected chi connectivity index (χ4v) is 6.33. The summed E-state index contributed by atoms with van der Waals surface area (Å²) in [5.41, 5.74) is 9.82. The van der Waals surface area contributed by atoms with Gasteiger partial charge in [-0.2, -0.15) is 8.42 Å². The van der Waals surface area contributed by atoms with Crippen molar-refractivity contribution in [2.75, 3.05) is 29.6 Å². The second kappa shape index (κ2) is 7.55. The molecule has 2 aliphatic heterocycles. The molecule has 0 spiro atoms. The van der Waals surface area contributed by atoms with Gasteiger partial charge in [-0.15, -0.1) is 0 Å². The zero-order valence-corrected chi connectivity index (χ0v) is 19.5. The van der Waals surface area contributed by atoms with Crippen LogP contribution in [-0.4, -0.2) is 40.3 Å². The molecule has 30 heavy (non-hydrogen) atoms. The van der Waals surface area contributed by atoms with Gasteiger partial charge >= 0.3 is 0 Å². The Hall–Kier alpha value is -2.09. The molecule has 2 aliphatic rings. The molecule has 0 amide bonds. The van der Waals surface area contributed by atoms with Gasteiger partial charge in [-0.05, 0) is 63.8 Å². The van der Waals surface area contributed by atoms with Gasteiger partial charge in [0.25, 0.3) is 10.2 Å². The van der Waals surface area contributed by atoms with E-state index in [0.29, 0.717) is 13.1 Å². The number of hydrogen-bond acceptors (Lipinski definition) is 4. The molecule has 2 N–H and O–H groups in total. The van der Waals surface area contributed by atoms with Crippen LogP contribution in [0, 0.1) is 41.5 Å². The van der Waals surface area contributed by atoms with E-state index >= 15 is 0 Å². The first-order valence-electron chi connectivity index (χ1n) is 10.5. The summed E-state index contributed by atoms with van der Waals surface area (Å²) < 4.78 is 30.1. The first-order valence-corrected chi connectivity index (χ1v) is 12.0. The quantitative estimate of drug-likeness (QED) is 0.772. The third-order valence-electron chi connectivity index (χ3n) is 6.36. The highest BCUT2D eigenvalue weighted by Crippen LogP contribution is 2.38. The van der Waals surface area contributed by atoms with Crippen molar-refractivity contribution in [3.63, 3.8) is 0 Å². The number of nitrogens with zero attached hydrogens (tertiary/aromatic N) is 2. The normalized spacial score (nSPS) is 23.4. The van der Waals surface area contributed by atoms with Crippen molar-refractivity contribution < 1.29 is 8.42 Å². The van der Waals surface area contributed by atoms with E-state index in [9.17, 15) is 8.42 Å². The summed E-state index contributed by atoms with van der Waals surface area (Å²) in [5.74, 6) is 0. The van der Waals surface area contributed by atoms with Crippen molar-refractivity contribution in [3.05, 3.63) is 57.6 Å². The van der Waals surface area contributed by atoms with Crippen molar-refractivity contribution in [2.24, 2.45) is 0 Å². The van der Waals surface area contributed by atoms with E-state index in [1.165, 1.54) is 44.8 Å². The van der Waals surface area contributed by atoms with Crippen LogP contribution in [0.2, 0.25) is 0 Å². The highest BCUT2D eigenvalue weighted by molar-refractivity contribution is 7.87. The van der Waals surface area contributed by atoms with Crippen LogP contribution in [0.5, 0.6) is 0 Å². The number of hydrogen-bond donors (Lipinski definition) is 2. The largest absolute Gasteiger partial charge is 0.347 e. The van der Waals surface area contributed by atoms with E-state index in [4.69, 9.17) is 0 Å². The highest BCUT2D eigenvalue weighted by Gasteiger charge is 2.44. The molecule has 0 aliphatic carbocycles. The average molecular weight is 429 g/mol. The summed E-state index contributed by atoms with van der Waals surface area (Å²) in [7, 11) is -3.48. The monoisotopic (exact) mass is 428 g/mol. The molecule has 2 aromatic rings. The minimum Gasteiger partial charge on any atom is -0.347 e. The van der Waals surface area contributed by atoms with Crippen molar-refractivity contribution in [3.8, 4) is 0 Å². The molecule has 7 heteroatoms. The van der Waals surface area contributed by atoms with Crippen LogP contribution in [0.3, 0.4) is 0 Å². The van der Waals surface area contributed by atoms with Crippen molar-refractivity contribution >= 4 is 21.6 Å². The third-order valence-corrected chi connectivity index (χ3v) is 7.45. The van der Waals surface area contributed by atoms with Crippen LogP contribution in [0.25, 0.3) is 0 Å². The molecule has 4 rings (SSSR count). The first-order chi connectivity index (χ1) is 14.1. The van der Waals surface area contributed by atoms with Crippen LogP contribution < -0.4 is 19.2 Å². The molecule has 0 aromatic heterocycles. The highest BCUT2D eigenvalue weighted by atomic mass is 32.2. The van der Waals surface area contributed by atoms with Crippen molar-refractivity contribution in [2.45, 2.75) is 53.6 Å². The topological polar surface area (TPSA) is 64.7 Å². The lowest BCUT2D eigenvalue weighted by Gasteiger charge is -2.29. The molecular formula is C23H32N4O2S. The van der Waals surface area contributed by atoms with Gasteiger partial charge in [0.1, 0.15) is 0 Å².